The molecular weight excluding hydrogens is 473 g/mol. The van der Waals surface area contributed by atoms with Gasteiger partial charge in [0.1, 0.15) is 17.3 Å². The normalized spacial score (nSPS) is 13.5. The largest absolute Gasteiger partial charge is 0.467 e. The van der Waals surface area contributed by atoms with Gasteiger partial charge in [0, 0.05) is 15.6 Å². The van der Waals surface area contributed by atoms with E-state index >= 15 is 0 Å². The van der Waals surface area contributed by atoms with Crippen molar-refractivity contribution in [2.75, 3.05) is 7.11 Å². The van der Waals surface area contributed by atoms with E-state index < -0.39 is 41.5 Å². The molecule has 8 nitrogen and oxygen atoms in total. The fraction of sp³-hybridized carbons (Fsp3) is 0.522. The molecule has 0 saturated carbocycles. The minimum atomic E-state index is -1.60. The minimum absolute atomic E-state index is 0.140. The van der Waals surface area contributed by atoms with Gasteiger partial charge in [-0.3, -0.25) is 0 Å². The number of carbonyl (C=O) groups excluding carboxylic acids is 3. The van der Waals surface area contributed by atoms with Crippen LogP contribution >= 0.6 is 23.2 Å². The number of nitrogens with zero attached hydrogens (tertiary/aromatic N) is 1. The number of halogens is 2. The molecule has 0 aliphatic rings. The monoisotopic (exact) mass is 503 g/mol. The van der Waals surface area contributed by atoms with Crippen molar-refractivity contribution in [1.29, 1.82) is 0 Å². The Balaban J connectivity index is 3.41. The minimum Gasteiger partial charge on any atom is -0.467 e. The number of amides is 2. The van der Waals surface area contributed by atoms with Gasteiger partial charge in [-0.2, -0.15) is 4.90 Å². The van der Waals surface area contributed by atoms with Crippen LogP contribution < -0.4 is 0 Å². The van der Waals surface area contributed by atoms with Gasteiger partial charge in [-0.25, -0.2) is 14.4 Å². The van der Waals surface area contributed by atoms with E-state index in [1.807, 2.05) is 0 Å². The van der Waals surface area contributed by atoms with Gasteiger partial charge in [0.15, 0.2) is 6.04 Å². The van der Waals surface area contributed by atoms with Crippen LogP contribution in [-0.2, 0) is 30.3 Å². The molecule has 2 amide bonds. The molecule has 10 heteroatoms. The Morgan fingerprint density at radius 1 is 1.00 bits per heavy atom. The topological polar surface area (TPSA) is 91.4 Å². The fourth-order valence-corrected chi connectivity index (χ4v) is 3.08. The number of hydrogen-bond acceptors (Lipinski definition) is 7. The molecule has 0 aliphatic heterocycles. The summed E-state index contributed by atoms with van der Waals surface area (Å²) in [5.74, 6) is -0.943. The van der Waals surface area contributed by atoms with E-state index in [-0.39, 0.29) is 6.61 Å². The van der Waals surface area contributed by atoms with Crippen molar-refractivity contribution in [1.82, 2.24) is 4.90 Å². The first-order valence-corrected chi connectivity index (χ1v) is 10.9. The van der Waals surface area contributed by atoms with E-state index in [0.29, 0.717) is 20.5 Å². The maximum absolute atomic E-state index is 13.0. The zero-order chi connectivity index (χ0) is 25.6. The van der Waals surface area contributed by atoms with Crippen molar-refractivity contribution in [2.24, 2.45) is 0 Å². The van der Waals surface area contributed by atoms with Gasteiger partial charge >= 0.3 is 18.2 Å². The third-order valence-corrected chi connectivity index (χ3v) is 4.63. The van der Waals surface area contributed by atoms with Crippen LogP contribution in [0, 0.1) is 0 Å². The molecule has 0 aliphatic carbocycles. The Hall–Kier alpha value is -2.29. The van der Waals surface area contributed by atoms with Gasteiger partial charge < -0.3 is 18.9 Å². The molecule has 184 valence electrons. The van der Waals surface area contributed by atoms with Crippen molar-refractivity contribution in [2.45, 2.75) is 71.5 Å². The molecule has 0 aromatic heterocycles. The highest BCUT2D eigenvalue weighted by Gasteiger charge is 2.45. The molecule has 1 aromatic rings. The molecule has 0 heterocycles. The average molecular weight is 504 g/mol. The van der Waals surface area contributed by atoms with Crippen molar-refractivity contribution >= 4 is 41.4 Å². The molecule has 0 bridgehead atoms. The van der Waals surface area contributed by atoms with Crippen molar-refractivity contribution < 1.29 is 33.3 Å². The SMILES string of the molecule is C=C[C@H](OCc1c(Cl)cccc1Cl)[C@H](C(=O)OC)N(C(=O)OC(C)(C)C)C(=O)OC(C)(C)C. The second-order valence-corrected chi connectivity index (χ2v) is 9.82. The van der Waals surface area contributed by atoms with Crippen LogP contribution in [0.3, 0.4) is 0 Å². The lowest BCUT2D eigenvalue weighted by Gasteiger charge is -2.34. The summed E-state index contributed by atoms with van der Waals surface area (Å²) in [6.07, 6.45) is -2.17. The number of esters is 1. The number of methoxy groups -OCH3 is 1. The predicted molar refractivity (Wildman–Crippen MR) is 125 cm³/mol. The summed E-state index contributed by atoms with van der Waals surface area (Å²) >= 11 is 12.4. The Bertz CT molecular complexity index is 826. The number of rotatable bonds is 7. The van der Waals surface area contributed by atoms with E-state index in [1.165, 1.54) is 6.08 Å². The number of benzene rings is 1. The molecule has 2 atom stereocenters. The number of carbonyl (C=O) groups is 3. The quantitative estimate of drug-likeness (QED) is 0.264. The van der Waals surface area contributed by atoms with E-state index in [1.54, 1.807) is 59.7 Å². The van der Waals surface area contributed by atoms with Gasteiger partial charge in [0.25, 0.3) is 0 Å². The second kappa shape index (κ2) is 11.7. The molecule has 1 aromatic carbocycles. The van der Waals surface area contributed by atoms with E-state index in [0.717, 1.165) is 7.11 Å². The Kier molecular flexibility index (Phi) is 10.2. The molecule has 0 unspecified atom stereocenters. The third-order valence-electron chi connectivity index (χ3n) is 3.93. The summed E-state index contributed by atoms with van der Waals surface area (Å²) in [7, 11) is 1.11. The number of imide groups is 1. The Labute approximate surface area is 204 Å². The molecule has 0 fully saturated rings. The van der Waals surface area contributed by atoms with Crippen LogP contribution in [0.15, 0.2) is 30.9 Å². The van der Waals surface area contributed by atoms with Gasteiger partial charge in [-0.15, -0.1) is 6.58 Å². The highest BCUT2D eigenvalue weighted by Crippen LogP contribution is 2.27. The standard InChI is InChI=1S/C23H31Cl2NO7/c1-9-17(31-13-14-15(24)11-10-12-16(14)25)18(19(27)30-8)26(20(28)32-22(2,3)4)21(29)33-23(5,6)7/h9-12,17-18H,1,13H2,2-8H3/t17-,18+/m0/s1. The Morgan fingerprint density at radius 3 is 1.82 bits per heavy atom. The van der Waals surface area contributed by atoms with E-state index in [4.69, 9.17) is 42.1 Å². The molecule has 0 N–H and O–H groups in total. The average Bonchev–Trinajstić information content (AvgIpc) is 2.65. The van der Waals surface area contributed by atoms with Crippen LogP contribution in [0.1, 0.15) is 47.1 Å². The summed E-state index contributed by atoms with van der Waals surface area (Å²) in [4.78, 5) is 39.3. The summed E-state index contributed by atoms with van der Waals surface area (Å²) in [6.45, 7) is 13.2. The summed E-state index contributed by atoms with van der Waals surface area (Å²) in [5, 5.41) is 0.687. The van der Waals surface area contributed by atoms with Crippen molar-refractivity contribution in [3.05, 3.63) is 46.5 Å². The highest BCUT2D eigenvalue weighted by atomic mass is 35.5. The van der Waals surface area contributed by atoms with E-state index in [9.17, 15) is 14.4 Å². The number of hydrogen-bond donors (Lipinski definition) is 0. The highest BCUT2D eigenvalue weighted by molar-refractivity contribution is 6.35. The zero-order valence-corrected chi connectivity index (χ0v) is 21.5. The molecule has 0 spiro atoms. The first-order valence-electron chi connectivity index (χ1n) is 10.1. The van der Waals surface area contributed by atoms with Crippen LogP contribution in [0.25, 0.3) is 0 Å². The van der Waals surface area contributed by atoms with Crippen LogP contribution in [0.5, 0.6) is 0 Å². The zero-order valence-electron chi connectivity index (χ0n) is 19.9. The van der Waals surface area contributed by atoms with Crippen LogP contribution in [0.4, 0.5) is 9.59 Å². The molecule has 33 heavy (non-hydrogen) atoms. The lowest BCUT2D eigenvalue weighted by molar-refractivity contribution is -0.151. The van der Waals surface area contributed by atoms with Crippen molar-refractivity contribution in [3.8, 4) is 0 Å². The molecule has 0 saturated heterocycles. The van der Waals surface area contributed by atoms with Crippen LogP contribution in [0.2, 0.25) is 10.0 Å². The molecule has 1 rings (SSSR count). The maximum atomic E-state index is 13.0. The summed E-state index contributed by atoms with van der Waals surface area (Å²) in [6, 6.07) is 3.32. The lowest BCUT2D eigenvalue weighted by atomic mass is 10.1. The predicted octanol–water partition coefficient (Wildman–Crippen LogP) is 5.78. The molecular formula is C23H31Cl2NO7. The molecule has 0 radical (unpaired) electrons. The third kappa shape index (κ3) is 8.87. The fourth-order valence-electron chi connectivity index (χ4n) is 2.57. The maximum Gasteiger partial charge on any atom is 0.420 e. The lowest BCUT2D eigenvalue weighted by Crippen LogP contribution is -2.57. The first kappa shape index (κ1) is 28.7. The summed E-state index contributed by atoms with van der Waals surface area (Å²) < 4.78 is 21.4. The van der Waals surface area contributed by atoms with Gasteiger partial charge in [-0.05, 0) is 53.7 Å². The second-order valence-electron chi connectivity index (χ2n) is 9.01. The van der Waals surface area contributed by atoms with Crippen LogP contribution in [-0.4, -0.2) is 53.5 Å². The van der Waals surface area contributed by atoms with E-state index in [2.05, 4.69) is 6.58 Å². The van der Waals surface area contributed by atoms with Crippen molar-refractivity contribution in [3.63, 3.8) is 0 Å². The van der Waals surface area contributed by atoms with Gasteiger partial charge in [-0.1, -0.05) is 35.3 Å². The van der Waals surface area contributed by atoms with Gasteiger partial charge in [0.05, 0.1) is 13.7 Å². The van der Waals surface area contributed by atoms with Gasteiger partial charge in [0.2, 0.25) is 0 Å². The Morgan fingerprint density at radius 2 is 1.45 bits per heavy atom. The summed E-state index contributed by atoms with van der Waals surface area (Å²) in [5.41, 5.74) is -1.47. The number of ether oxygens (including phenoxy) is 4. The smallest absolute Gasteiger partial charge is 0.420 e. The first-order chi connectivity index (χ1) is 15.1.